The second kappa shape index (κ2) is 4.97. The first kappa shape index (κ1) is 13.1. The van der Waals surface area contributed by atoms with Gasteiger partial charge >= 0.3 is 0 Å². The van der Waals surface area contributed by atoms with Crippen LogP contribution >= 0.6 is 0 Å². The van der Waals surface area contributed by atoms with Crippen molar-refractivity contribution < 1.29 is 4.74 Å². The van der Waals surface area contributed by atoms with Crippen LogP contribution in [0.5, 0.6) is 0 Å². The van der Waals surface area contributed by atoms with Crippen LogP contribution in [0.25, 0.3) is 0 Å². The van der Waals surface area contributed by atoms with E-state index in [1.165, 1.54) is 32.5 Å². The van der Waals surface area contributed by atoms with Gasteiger partial charge in [-0.15, -0.1) is 0 Å². The van der Waals surface area contributed by atoms with Crippen molar-refractivity contribution in [2.45, 2.75) is 25.8 Å². The van der Waals surface area contributed by atoms with Crippen molar-refractivity contribution in [2.75, 3.05) is 45.9 Å². The molecule has 0 aromatic rings. The number of fused-ring (bicyclic) bond motifs is 1. The summed E-state index contributed by atoms with van der Waals surface area (Å²) < 4.78 is 5.45. The molecule has 4 aliphatic rings. The quantitative estimate of drug-likeness (QED) is 0.782. The predicted octanol–water partition coefficient (Wildman–Crippen LogP) is 1.92. The number of hydrogen-bond acceptors (Lipinski definition) is 3. The Morgan fingerprint density at radius 2 is 2.20 bits per heavy atom. The Kier molecular flexibility index (Phi) is 3.24. The van der Waals surface area contributed by atoms with Crippen molar-refractivity contribution in [3.8, 4) is 0 Å². The standard InChI is InChI=1S/C17H26N2O/c1-2-18-12-15-11-17(15,13-18)14-3-5-16(6-4-14)19-7-9-20-10-8-19/h3-5,15-16H,2,6-13H2,1H3/t15-,16?,17+/m0/s1. The highest BCUT2D eigenvalue weighted by Gasteiger charge is 2.60. The minimum absolute atomic E-state index is 0.544. The van der Waals surface area contributed by atoms with Crippen LogP contribution in [-0.2, 0) is 4.74 Å². The van der Waals surface area contributed by atoms with Crippen molar-refractivity contribution in [3.05, 3.63) is 23.8 Å². The van der Waals surface area contributed by atoms with Gasteiger partial charge in [0, 0.05) is 37.6 Å². The molecule has 4 rings (SSSR count). The number of piperidine rings is 1. The van der Waals surface area contributed by atoms with Crippen molar-refractivity contribution in [1.82, 2.24) is 9.80 Å². The molecule has 1 saturated carbocycles. The number of likely N-dealkylation sites (tertiary alicyclic amines) is 1. The molecule has 110 valence electrons. The van der Waals surface area contributed by atoms with Gasteiger partial charge in [0.1, 0.15) is 0 Å². The zero-order valence-electron chi connectivity index (χ0n) is 12.6. The maximum absolute atomic E-state index is 5.45. The molecule has 2 saturated heterocycles. The van der Waals surface area contributed by atoms with Gasteiger partial charge in [0.15, 0.2) is 0 Å². The van der Waals surface area contributed by atoms with E-state index in [0.717, 1.165) is 32.2 Å². The minimum Gasteiger partial charge on any atom is -0.379 e. The highest BCUT2D eigenvalue weighted by Crippen LogP contribution is 2.62. The number of rotatable bonds is 3. The Hall–Kier alpha value is -0.640. The second-order valence-electron chi connectivity index (χ2n) is 6.85. The van der Waals surface area contributed by atoms with E-state index < -0.39 is 0 Å². The van der Waals surface area contributed by atoms with Gasteiger partial charge in [0.2, 0.25) is 0 Å². The molecular weight excluding hydrogens is 248 g/mol. The summed E-state index contributed by atoms with van der Waals surface area (Å²) in [5.74, 6) is 0.943. The molecule has 3 fully saturated rings. The van der Waals surface area contributed by atoms with E-state index in [4.69, 9.17) is 4.74 Å². The molecule has 20 heavy (non-hydrogen) atoms. The minimum atomic E-state index is 0.544. The Labute approximate surface area is 122 Å². The summed E-state index contributed by atoms with van der Waals surface area (Å²) >= 11 is 0. The number of hydrogen-bond donors (Lipinski definition) is 0. The molecule has 0 spiro atoms. The molecule has 2 aliphatic heterocycles. The first-order valence-electron chi connectivity index (χ1n) is 8.25. The van der Waals surface area contributed by atoms with Crippen LogP contribution in [0.4, 0.5) is 0 Å². The van der Waals surface area contributed by atoms with E-state index in [-0.39, 0.29) is 0 Å². The summed E-state index contributed by atoms with van der Waals surface area (Å²) in [6.07, 6.45) is 10.1. The van der Waals surface area contributed by atoms with E-state index in [2.05, 4.69) is 35.0 Å². The molecule has 2 aliphatic carbocycles. The van der Waals surface area contributed by atoms with Crippen LogP contribution in [0.15, 0.2) is 23.8 Å². The van der Waals surface area contributed by atoms with Crippen LogP contribution in [0.2, 0.25) is 0 Å². The molecule has 2 heterocycles. The molecule has 0 radical (unpaired) electrons. The van der Waals surface area contributed by atoms with E-state index >= 15 is 0 Å². The van der Waals surface area contributed by atoms with Crippen molar-refractivity contribution in [3.63, 3.8) is 0 Å². The molecule has 3 heteroatoms. The highest BCUT2D eigenvalue weighted by molar-refractivity contribution is 5.40. The maximum atomic E-state index is 5.45. The zero-order chi connectivity index (χ0) is 13.6. The third-order valence-corrected chi connectivity index (χ3v) is 5.83. The average Bonchev–Trinajstić information content (AvgIpc) is 3.10. The van der Waals surface area contributed by atoms with E-state index in [9.17, 15) is 0 Å². The van der Waals surface area contributed by atoms with Crippen LogP contribution in [0, 0.1) is 11.3 Å². The SMILES string of the molecule is CCN1C[C@@H]2C[C@]2(C2=CCC(N3CCOCC3)C=C2)C1. The van der Waals surface area contributed by atoms with Crippen LogP contribution in [-0.4, -0.2) is 61.8 Å². The topological polar surface area (TPSA) is 15.7 Å². The molecule has 0 N–H and O–H groups in total. The van der Waals surface area contributed by atoms with E-state index in [1.54, 1.807) is 5.57 Å². The Morgan fingerprint density at radius 3 is 2.85 bits per heavy atom. The molecule has 0 bridgehead atoms. The normalized spacial score (nSPS) is 41.5. The number of allylic oxidation sites excluding steroid dienone is 1. The van der Waals surface area contributed by atoms with Gasteiger partial charge in [0.25, 0.3) is 0 Å². The third-order valence-electron chi connectivity index (χ3n) is 5.83. The van der Waals surface area contributed by atoms with Crippen LogP contribution in [0.1, 0.15) is 19.8 Å². The monoisotopic (exact) mass is 274 g/mol. The molecule has 0 aromatic heterocycles. The van der Waals surface area contributed by atoms with Crippen molar-refractivity contribution >= 4 is 0 Å². The summed E-state index contributed by atoms with van der Waals surface area (Å²) in [7, 11) is 0. The first-order valence-corrected chi connectivity index (χ1v) is 8.25. The van der Waals surface area contributed by atoms with Crippen molar-refractivity contribution in [1.29, 1.82) is 0 Å². The fourth-order valence-electron chi connectivity index (χ4n) is 4.43. The fraction of sp³-hybridized carbons (Fsp3) is 0.765. The fourth-order valence-corrected chi connectivity index (χ4v) is 4.43. The van der Waals surface area contributed by atoms with E-state index in [0.29, 0.717) is 11.5 Å². The summed E-state index contributed by atoms with van der Waals surface area (Å²) in [5, 5.41) is 0. The van der Waals surface area contributed by atoms with Gasteiger partial charge in [0.05, 0.1) is 13.2 Å². The average molecular weight is 274 g/mol. The van der Waals surface area contributed by atoms with Gasteiger partial charge in [-0.3, -0.25) is 4.90 Å². The third kappa shape index (κ3) is 2.07. The smallest absolute Gasteiger partial charge is 0.0594 e. The highest BCUT2D eigenvalue weighted by atomic mass is 16.5. The van der Waals surface area contributed by atoms with E-state index in [1.807, 2.05) is 0 Å². The lowest BCUT2D eigenvalue weighted by Crippen LogP contribution is -2.43. The van der Waals surface area contributed by atoms with Crippen molar-refractivity contribution in [2.24, 2.45) is 11.3 Å². The Balaban J connectivity index is 1.41. The summed E-state index contributed by atoms with van der Waals surface area (Å²) in [6, 6.07) is 0.611. The lowest BCUT2D eigenvalue weighted by atomic mass is 9.88. The second-order valence-corrected chi connectivity index (χ2v) is 6.85. The largest absolute Gasteiger partial charge is 0.379 e. The first-order chi connectivity index (χ1) is 9.82. The number of nitrogens with zero attached hydrogens (tertiary/aromatic N) is 2. The molecule has 1 unspecified atom stereocenters. The molecule has 0 amide bonds. The molecule has 0 aromatic carbocycles. The lowest BCUT2D eigenvalue weighted by Gasteiger charge is -2.34. The van der Waals surface area contributed by atoms with Gasteiger partial charge in [-0.05, 0) is 30.9 Å². The van der Waals surface area contributed by atoms with Crippen LogP contribution < -0.4 is 0 Å². The number of ether oxygens (including phenoxy) is 1. The lowest BCUT2D eigenvalue weighted by molar-refractivity contribution is 0.0258. The van der Waals surface area contributed by atoms with Gasteiger partial charge in [-0.25, -0.2) is 0 Å². The van der Waals surface area contributed by atoms with Gasteiger partial charge in [-0.2, -0.15) is 0 Å². The zero-order valence-corrected chi connectivity index (χ0v) is 12.6. The molecule has 3 atom stereocenters. The molecular formula is C17H26N2O. The maximum Gasteiger partial charge on any atom is 0.0594 e. The summed E-state index contributed by atoms with van der Waals surface area (Å²) in [6.45, 7) is 10.1. The predicted molar refractivity (Wildman–Crippen MR) is 80.7 cm³/mol. The summed E-state index contributed by atoms with van der Waals surface area (Å²) in [5.41, 5.74) is 2.19. The van der Waals surface area contributed by atoms with Gasteiger partial charge in [-0.1, -0.05) is 25.2 Å². The molecule has 3 nitrogen and oxygen atoms in total. The van der Waals surface area contributed by atoms with Gasteiger partial charge < -0.3 is 9.64 Å². The number of morpholine rings is 1. The Bertz CT molecular complexity index is 438. The summed E-state index contributed by atoms with van der Waals surface area (Å²) in [4.78, 5) is 5.19. The van der Waals surface area contributed by atoms with Crippen LogP contribution in [0.3, 0.4) is 0 Å². The Morgan fingerprint density at radius 1 is 1.35 bits per heavy atom.